The third-order valence-corrected chi connectivity index (χ3v) is 6.11. The summed E-state index contributed by atoms with van der Waals surface area (Å²) in [5, 5.41) is 0. The molecule has 2 rings (SSSR count). The number of thiophene rings is 1. The second kappa shape index (κ2) is 7.56. The van der Waals surface area contributed by atoms with E-state index in [0.29, 0.717) is 13.2 Å². The van der Waals surface area contributed by atoms with Gasteiger partial charge in [-0.2, -0.15) is 0 Å². The zero-order valence-corrected chi connectivity index (χ0v) is 14.9. The molecule has 0 fully saturated rings. The quantitative estimate of drug-likeness (QED) is 0.706. The van der Waals surface area contributed by atoms with Crippen LogP contribution in [-0.2, 0) is 4.74 Å². The van der Waals surface area contributed by atoms with Crippen LogP contribution in [0.5, 0.6) is 5.75 Å². The Morgan fingerprint density at radius 1 is 1.25 bits per heavy atom. The van der Waals surface area contributed by atoms with Crippen molar-refractivity contribution >= 4 is 43.2 Å². The molecule has 0 saturated heterocycles. The van der Waals surface area contributed by atoms with Gasteiger partial charge in [0.05, 0.1) is 16.4 Å². The van der Waals surface area contributed by atoms with Crippen LogP contribution in [0.25, 0.3) is 0 Å². The Hall–Kier alpha value is -0.400. The summed E-state index contributed by atoms with van der Waals surface area (Å²) in [6, 6.07) is 9.66. The molecule has 1 unspecified atom stereocenters. The van der Waals surface area contributed by atoms with Gasteiger partial charge < -0.3 is 15.2 Å². The van der Waals surface area contributed by atoms with Gasteiger partial charge in [0.1, 0.15) is 12.4 Å². The van der Waals surface area contributed by atoms with Crippen LogP contribution in [0.2, 0.25) is 0 Å². The van der Waals surface area contributed by atoms with Gasteiger partial charge >= 0.3 is 0 Å². The lowest BCUT2D eigenvalue weighted by Crippen LogP contribution is -2.13. The van der Waals surface area contributed by atoms with E-state index < -0.39 is 0 Å². The van der Waals surface area contributed by atoms with E-state index in [1.807, 2.05) is 30.3 Å². The topological polar surface area (TPSA) is 44.5 Å². The van der Waals surface area contributed by atoms with Gasteiger partial charge in [-0.15, -0.1) is 11.3 Å². The standard InChI is InChI=1S/C14H15Br2NO2S/c1-18-6-7-19-11-5-3-2-4-9(11)13(17)12-8-10(15)14(16)20-12/h2-5,8,13H,6-7,17H2,1H3. The van der Waals surface area contributed by atoms with Gasteiger partial charge in [-0.25, -0.2) is 0 Å². The predicted molar refractivity (Wildman–Crippen MR) is 89.6 cm³/mol. The van der Waals surface area contributed by atoms with Crippen molar-refractivity contribution in [2.45, 2.75) is 6.04 Å². The Kier molecular flexibility index (Phi) is 6.04. The number of nitrogens with two attached hydrogens (primary N) is 1. The SMILES string of the molecule is COCCOc1ccccc1C(N)c1cc(Br)c(Br)s1. The van der Waals surface area contributed by atoms with Crippen molar-refractivity contribution in [2.24, 2.45) is 5.73 Å². The lowest BCUT2D eigenvalue weighted by atomic mass is 10.1. The number of hydrogen-bond donors (Lipinski definition) is 1. The third-order valence-electron chi connectivity index (χ3n) is 2.77. The van der Waals surface area contributed by atoms with Gasteiger partial charge in [0, 0.05) is 22.0 Å². The van der Waals surface area contributed by atoms with Gasteiger partial charge in [0.25, 0.3) is 0 Å². The number of hydrogen-bond acceptors (Lipinski definition) is 4. The maximum Gasteiger partial charge on any atom is 0.124 e. The predicted octanol–water partition coefficient (Wildman–Crippen LogP) is 4.35. The van der Waals surface area contributed by atoms with Gasteiger partial charge in [-0.3, -0.25) is 0 Å². The number of halogens is 2. The Bertz CT molecular complexity index is 555. The molecule has 2 N–H and O–H groups in total. The van der Waals surface area contributed by atoms with E-state index in [-0.39, 0.29) is 6.04 Å². The molecule has 0 radical (unpaired) electrons. The van der Waals surface area contributed by atoms with Crippen molar-refractivity contribution in [3.05, 3.63) is 49.0 Å². The van der Waals surface area contributed by atoms with Crippen LogP contribution in [0.4, 0.5) is 0 Å². The highest BCUT2D eigenvalue weighted by atomic mass is 79.9. The van der Waals surface area contributed by atoms with Gasteiger partial charge in [0.15, 0.2) is 0 Å². The fourth-order valence-electron chi connectivity index (χ4n) is 1.77. The Morgan fingerprint density at radius 3 is 2.65 bits per heavy atom. The molecule has 20 heavy (non-hydrogen) atoms. The van der Waals surface area contributed by atoms with Crippen LogP contribution in [0.1, 0.15) is 16.5 Å². The third kappa shape index (κ3) is 3.83. The number of ether oxygens (including phenoxy) is 2. The van der Waals surface area contributed by atoms with Gasteiger partial charge in [0.2, 0.25) is 0 Å². The zero-order valence-electron chi connectivity index (χ0n) is 10.9. The summed E-state index contributed by atoms with van der Waals surface area (Å²) in [6.07, 6.45) is 0. The van der Waals surface area contributed by atoms with Crippen molar-refractivity contribution in [3.63, 3.8) is 0 Å². The van der Waals surface area contributed by atoms with Crippen molar-refractivity contribution in [2.75, 3.05) is 20.3 Å². The van der Waals surface area contributed by atoms with Crippen LogP contribution in [-0.4, -0.2) is 20.3 Å². The average molecular weight is 421 g/mol. The Labute approximate surface area is 139 Å². The van der Waals surface area contributed by atoms with E-state index in [4.69, 9.17) is 15.2 Å². The summed E-state index contributed by atoms with van der Waals surface area (Å²) in [5.74, 6) is 0.803. The molecule has 0 aliphatic rings. The van der Waals surface area contributed by atoms with Crippen LogP contribution in [0.3, 0.4) is 0 Å². The molecule has 0 bridgehead atoms. The first kappa shape index (κ1) is 16.0. The Balaban J connectivity index is 2.22. The maximum absolute atomic E-state index is 6.36. The molecule has 108 valence electrons. The molecular formula is C14H15Br2NO2S. The molecule has 0 spiro atoms. The van der Waals surface area contributed by atoms with E-state index in [1.165, 1.54) is 0 Å². The van der Waals surface area contributed by atoms with Crippen LogP contribution in [0.15, 0.2) is 38.6 Å². The van der Waals surface area contributed by atoms with E-state index in [0.717, 1.165) is 24.4 Å². The van der Waals surface area contributed by atoms with Crippen molar-refractivity contribution in [3.8, 4) is 5.75 Å². The normalized spacial score (nSPS) is 12.4. The second-order valence-corrected chi connectivity index (χ2v) is 7.38. The minimum atomic E-state index is -0.207. The van der Waals surface area contributed by atoms with E-state index in [9.17, 15) is 0 Å². The molecule has 1 aromatic carbocycles. The molecule has 0 aliphatic carbocycles. The molecule has 6 heteroatoms. The monoisotopic (exact) mass is 419 g/mol. The van der Waals surface area contributed by atoms with Crippen LogP contribution >= 0.6 is 43.2 Å². The summed E-state index contributed by atoms with van der Waals surface area (Å²) in [4.78, 5) is 1.08. The highest BCUT2D eigenvalue weighted by Crippen LogP contribution is 2.38. The lowest BCUT2D eigenvalue weighted by molar-refractivity contribution is 0.145. The molecular weight excluding hydrogens is 406 g/mol. The molecule has 1 atom stereocenters. The molecule has 1 heterocycles. The summed E-state index contributed by atoms with van der Waals surface area (Å²) in [6.45, 7) is 1.07. The van der Waals surface area contributed by atoms with Crippen LogP contribution in [0, 0.1) is 0 Å². The number of methoxy groups -OCH3 is 1. The number of para-hydroxylation sites is 1. The minimum Gasteiger partial charge on any atom is -0.491 e. The molecule has 0 aliphatic heterocycles. The fraction of sp³-hybridized carbons (Fsp3) is 0.286. The first-order valence-electron chi connectivity index (χ1n) is 6.04. The molecule has 2 aromatic rings. The molecule has 0 saturated carbocycles. The van der Waals surface area contributed by atoms with Crippen molar-refractivity contribution < 1.29 is 9.47 Å². The fourth-order valence-corrected chi connectivity index (χ4v) is 3.88. The molecule has 0 amide bonds. The number of rotatable bonds is 6. The highest BCUT2D eigenvalue weighted by Gasteiger charge is 2.17. The Morgan fingerprint density at radius 2 is 2.00 bits per heavy atom. The second-order valence-electron chi connectivity index (χ2n) is 4.13. The summed E-state index contributed by atoms with van der Waals surface area (Å²) in [5.41, 5.74) is 7.34. The summed E-state index contributed by atoms with van der Waals surface area (Å²) >= 11 is 8.60. The molecule has 1 aromatic heterocycles. The molecule has 3 nitrogen and oxygen atoms in total. The number of benzene rings is 1. The summed E-state index contributed by atoms with van der Waals surface area (Å²) < 4.78 is 12.8. The van der Waals surface area contributed by atoms with Crippen molar-refractivity contribution in [1.29, 1.82) is 0 Å². The average Bonchev–Trinajstić information content (AvgIpc) is 2.79. The van der Waals surface area contributed by atoms with Gasteiger partial charge in [-0.1, -0.05) is 18.2 Å². The van der Waals surface area contributed by atoms with Crippen LogP contribution < -0.4 is 10.5 Å². The van der Waals surface area contributed by atoms with E-state index >= 15 is 0 Å². The van der Waals surface area contributed by atoms with Gasteiger partial charge in [-0.05, 0) is 44.0 Å². The largest absolute Gasteiger partial charge is 0.491 e. The lowest BCUT2D eigenvalue weighted by Gasteiger charge is -2.15. The first-order valence-corrected chi connectivity index (χ1v) is 8.44. The summed E-state index contributed by atoms with van der Waals surface area (Å²) in [7, 11) is 1.65. The first-order chi connectivity index (χ1) is 9.63. The maximum atomic E-state index is 6.36. The zero-order chi connectivity index (χ0) is 14.5. The van der Waals surface area contributed by atoms with E-state index in [2.05, 4.69) is 31.9 Å². The minimum absolute atomic E-state index is 0.207. The van der Waals surface area contributed by atoms with E-state index in [1.54, 1.807) is 18.4 Å². The van der Waals surface area contributed by atoms with Crippen molar-refractivity contribution in [1.82, 2.24) is 0 Å². The smallest absolute Gasteiger partial charge is 0.124 e. The highest BCUT2D eigenvalue weighted by molar-refractivity contribution is 9.13.